The summed E-state index contributed by atoms with van der Waals surface area (Å²) in [4.78, 5) is 12.1. The monoisotopic (exact) mass is 275 g/mol. The molecule has 1 aromatic carbocycles. The number of nitrogens with zero attached hydrogens (tertiary/aromatic N) is 1. The molecule has 0 bridgehead atoms. The highest BCUT2D eigenvalue weighted by Gasteiger charge is 2.39. The Balaban J connectivity index is 1.69. The number of hydrogen-bond acceptors (Lipinski definition) is 4. The maximum Gasteiger partial charge on any atom is 0.251 e. The highest BCUT2D eigenvalue weighted by molar-refractivity contribution is 5.97. The van der Waals surface area contributed by atoms with E-state index in [4.69, 9.17) is 4.74 Å². The zero-order valence-corrected chi connectivity index (χ0v) is 11.2. The molecule has 0 radical (unpaired) electrons. The van der Waals surface area contributed by atoms with Gasteiger partial charge in [-0.05, 0) is 25.1 Å². The van der Waals surface area contributed by atoms with E-state index in [0.29, 0.717) is 18.6 Å². The first-order valence-electron chi connectivity index (χ1n) is 6.64. The quantitative estimate of drug-likeness (QED) is 0.774. The van der Waals surface area contributed by atoms with Crippen molar-refractivity contribution in [1.82, 2.24) is 15.5 Å². The summed E-state index contributed by atoms with van der Waals surface area (Å²) in [6, 6.07) is 5.31. The number of fused-ring (bicyclic) bond motifs is 1. The maximum absolute atomic E-state index is 12.1. The van der Waals surface area contributed by atoms with E-state index >= 15 is 0 Å². The van der Waals surface area contributed by atoms with Crippen LogP contribution in [0.25, 0.3) is 10.9 Å². The number of amides is 1. The molecule has 0 spiro atoms. The summed E-state index contributed by atoms with van der Waals surface area (Å²) in [6.45, 7) is 2.53. The molecule has 1 aliphatic heterocycles. The van der Waals surface area contributed by atoms with Gasteiger partial charge in [0.1, 0.15) is 5.60 Å². The molecule has 2 heterocycles. The Bertz CT molecular complexity index is 639. The van der Waals surface area contributed by atoms with E-state index < -0.39 is 5.60 Å². The smallest absolute Gasteiger partial charge is 0.251 e. The van der Waals surface area contributed by atoms with Crippen LogP contribution in [0.1, 0.15) is 23.7 Å². The Morgan fingerprint density at radius 3 is 3.25 bits per heavy atom. The fourth-order valence-corrected chi connectivity index (χ4v) is 2.42. The van der Waals surface area contributed by atoms with Gasteiger partial charge in [0.15, 0.2) is 0 Å². The standard InChI is InChI=1S/C14H17N3O3/c1-9-14(19,4-5-20-9)8-15-13(18)10-2-3-12-11(6-10)7-16-17-12/h2-3,6-7,9,19H,4-5,8H2,1H3,(H,15,18)(H,16,17). The summed E-state index contributed by atoms with van der Waals surface area (Å²) >= 11 is 0. The molecule has 6 heteroatoms. The van der Waals surface area contributed by atoms with Gasteiger partial charge in [0, 0.05) is 30.5 Å². The number of aliphatic hydroxyl groups is 1. The first-order valence-corrected chi connectivity index (χ1v) is 6.64. The van der Waals surface area contributed by atoms with Crippen LogP contribution < -0.4 is 5.32 Å². The molecule has 20 heavy (non-hydrogen) atoms. The topological polar surface area (TPSA) is 87.2 Å². The van der Waals surface area contributed by atoms with Crippen molar-refractivity contribution in [3.63, 3.8) is 0 Å². The van der Waals surface area contributed by atoms with Gasteiger partial charge in [-0.15, -0.1) is 0 Å². The lowest BCUT2D eigenvalue weighted by Gasteiger charge is -2.26. The van der Waals surface area contributed by atoms with Gasteiger partial charge in [-0.1, -0.05) is 0 Å². The van der Waals surface area contributed by atoms with Gasteiger partial charge in [0.2, 0.25) is 0 Å². The molecule has 1 aliphatic rings. The van der Waals surface area contributed by atoms with Gasteiger partial charge in [-0.25, -0.2) is 0 Å². The number of H-pyrrole nitrogens is 1. The van der Waals surface area contributed by atoms with Gasteiger partial charge >= 0.3 is 0 Å². The van der Waals surface area contributed by atoms with Crippen molar-refractivity contribution in [2.24, 2.45) is 0 Å². The van der Waals surface area contributed by atoms with Gasteiger partial charge in [-0.2, -0.15) is 5.10 Å². The van der Waals surface area contributed by atoms with E-state index in [-0.39, 0.29) is 18.6 Å². The molecule has 1 aromatic heterocycles. The average molecular weight is 275 g/mol. The largest absolute Gasteiger partial charge is 0.385 e. The Morgan fingerprint density at radius 2 is 2.50 bits per heavy atom. The lowest BCUT2D eigenvalue weighted by Crippen LogP contribution is -2.47. The predicted octanol–water partition coefficient (Wildman–Crippen LogP) is 0.833. The zero-order valence-electron chi connectivity index (χ0n) is 11.2. The van der Waals surface area contributed by atoms with Crippen LogP contribution in [-0.2, 0) is 4.74 Å². The molecule has 1 fully saturated rings. The molecular weight excluding hydrogens is 258 g/mol. The van der Waals surface area contributed by atoms with Crippen LogP contribution in [0.2, 0.25) is 0 Å². The summed E-state index contributed by atoms with van der Waals surface area (Å²) in [5, 5.41) is 20.7. The lowest BCUT2D eigenvalue weighted by atomic mass is 9.96. The number of benzene rings is 1. The fraction of sp³-hybridized carbons (Fsp3) is 0.429. The summed E-state index contributed by atoms with van der Waals surface area (Å²) in [5.74, 6) is -0.208. The van der Waals surface area contributed by atoms with E-state index in [0.717, 1.165) is 10.9 Å². The van der Waals surface area contributed by atoms with Crippen molar-refractivity contribution in [1.29, 1.82) is 0 Å². The summed E-state index contributed by atoms with van der Waals surface area (Å²) in [7, 11) is 0. The second-order valence-corrected chi connectivity index (χ2v) is 5.22. The van der Waals surface area contributed by atoms with Crippen molar-refractivity contribution in [3.05, 3.63) is 30.0 Å². The minimum absolute atomic E-state index is 0.191. The molecule has 6 nitrogen and oxygen atoms in total. The van der Waals surface area contributed by atoms with Crippen molar-refractivity contribution >= 4 is 16.8 Å². The van der Waals surface area contributed by atoms with E-state index in [1.807, 2.05) is 13.0 Å². The number of aromatic amines is 1. The second-order valence-electron chi connectivity index (χ2n) is 5.22. The molecule has 3 N–H and O–H groups in total. The molecule has 0 aliphatic carbocycles. The number of hydrogen-bond donors (Lipinski definition) is 3. The third-order valence-corrected chi connectivity index (χ3v) is 3.92. The number of nitrogens with one attached hydrogen (secondary N) is 2. The van der Waals surface area contributed by atoms with Crippen LogP contribution in [0.15, 0.2) is 24.4 Å². The molecule has 2 aromatic rings. The average Bonchev–Trinajstić information content (AvgIpc) is 3.03. The molecule has 1 amide bonds. The lowest BCUT2D eigenvalue weighted by molar-refractivity contribution is -0.0251. The summed E-state index contributed by atoms with van der Waals surface area (Å²) in [6.07, 6.45) is 1.95. The van der Waals surface area contributed by atoms with E-state index in [9.17, 15) is 9.90 Å². The number of carbonyl (C=O) groups excluding carboxylic acids is 1. The molecule has 2 unspecified atom stereocenters. The van der Waals surface area contributed by atoms with Crippen LogP contribution in [0.5, 0.6) is 0 Å². The van der Waals surface area contributed by atoms with E-state index in [1.165, 1.54) is 0 Å². The molecule has 106 valence electrons. The van der Waals surface area contributed by atoms with E-state index in [2.05, 4.69) is 15.5 Å². The number of ether oxygens (including phenoxy) is 1. The predicted molar refractivity (Wildman–Crippen MR) is 73.4 cm³/mol. The SMILES string of the molecule is CC1OCCC1(O)CNC(=O)c1ccc2[nH]ncc2c1. The maximum atomic E-state index is 12.1. The van der Waals surface area contributed by atoms with Crippen LogP contribution in [-0.4, -0.2) is 46.1 Å². The van der Waals surface area contributed by atoms with Crippen LogP contribution in [0.3, 0.4) is 0 Å². The Labute approximate surface area is 116 Å². The van der Waals surface area contributed by atoms with Crippen LogP contribution in [0.4, 0.5) is 0 Å². The molecule has 3 rings (SSSR count). The molecule has 0 saturated carbocycles. The van der Waals surface area contributed by atoms with Crippen LogP contribution >= 0.6 is 0 Å². The Kier molecular flexibility index (Phi) is 3.19. The van der Waals surface area contributed by atoms with Crippen molar-refractivity contribution in [2.45, 2.75) is 25.0 Å². The van der Waals surface area contributed by atoms with Crippen molar-refractivity contribution < 1.29 is 14.6 Å². The highest BCUT2D eigenvalue weighted by Crippen LogP contribution is 2.24. The third-order valence-electron chi connectivity index (χ3n) is 3.92. The van der Waals surface area contributed by atoms with Gasteiger partial charge in [0.25, 0.3) is 5.91 Å². The first-order chi connectivity index (χ1) is 9.58. The molecule has 1 saturated heterocycles. The Hall–Kier alpha value is -1.92. The van der Waals surface area contributed by atoms with Crippen molar-refractivity contribution in [3.8, 4) is 0 Å². The van der Waals surface area contributed by atoms with E-state index in [1.54, 1.807) is 18.3 Å². The minimum atomic E-state index is -0.977. The first kappa shape index (κ1) is 13.1. The number of aromatic nitrogens is 2. The number of carbonyl (C=O) groups is 1. The zero-order chi connectivity index (χ0) is 14.2. The summed E-state index contributed by atoms with van der Waals surface area (Å²) < 4.78 is 5.34. The second kappa shape index (κ2) is 4.88. The van der Waals surface area contributed by atoms with Gasteiger partial charge in [0.05, 0.1) is 17.8 Å². The molecular formula is C14H17N3O3. The number of rotatable bonds is 3. The minimum Gasteiger partial charge on any atom is -0.385 e. The molecule has 2 atom stereocenters. The normalized spacial score (nSPS) is 26.0. The fourth-order valence-electron chi connectivity index (χ4n) is 2.42. The van der Waals surface area contributed by atoms with Crippen molar-refractivity contribution in [2.75, 3.05) is 13.2 Å². The highest BCUT2D eigenvalue weighted by atomic mass is 16.5. The van der Waals surface area contributed by atoms with Crippen LogP contribution in [0, 0.1) is 0 Å². The Morgan fingerprint density at radius 1 is 1.65 bits per heavy atom. The van der Waals surface area contributed by atoms with Gasteiger partial charge < -0.3 is 15.2 Å². The summed E-state index contributed by atoms with van der Waals surface area (Å²) in [5.41, 5.74) is 0.460. The third kappa shape index (κ3) is 2.28. The van der Waals surface area contributed by atoms with Gasteiger partial charge in [-0.3, -0.25) is 9.89 Å².